The van der Waals surface area contributed by atoms with E-state index in [1.807, 2.05) is 12.1 Å². The second kappa shape index (κ2) is 6.81. The van der Waals surface area contributed by atoms with Crippen LogP contribution in [0.4, 0.5) is 0 Å². The summed E-state index contributed by atoms with van der Waals surface area (Å²) in [7, 11) is 0. The zero-order valence-electron chi connectivity index (χ0n) is 9.14. The van der Waals surface area contributed by atoms with Crippen LogP contribution in [0.25, 0.3) is 0 Å². The van der Waals surface area contributed by atoms with Gasteiger partial charge in [-0.05, 0) is 24.6 Å². The molecule has 16 heavy (non-hydrogen) atoms. The van der Waals surface area contributed by atoms with Gasteiger partial charge in [-0.25, -0.2) is 10.7 Å². The number of nitrogens with two attached hydrogens (primary N) is 1. The van der Waals surface area contributed by atoms with Crippen LogP contribution < -0.4 is 10.6 Å². The molecule has 0 atom stereocenters. The summed E-state index contributed by atoms with van der Waals surface area (Å²) in [6.45, 7) is 2.37. The van der Waals surface area contributed by atoms with Crippen LogP contribution in [0.2, 0.25) is 0 Å². The largest absolute Gasteiger partial charge is 0.482 e. The summed E-state index contributed by atoms with van der Waals surface area (Å²) in [6.07, 6.45) is 0. The highest BCUT2D eigenvalue weighted by Gasteiger charge is 2.02. The van der Waals surface area contributed by atoms with Crippen molar-refractivity contribution in [1.29, 1.82) is 0 Å². The van der Waals surface area contributed by atoms with Crippen molar-refractivity contribution in [3.05, 3.63) is 29.8 Å². The number of benzene rings is 1. The van der Waals surface area contributed by atoms with Crippen molar-refractivity contribution >= 4 is 5.97 Å². The number of hydrogen-bond donors (Lipinski definition) is 1. The number of ether oxygens (including phenoxy) is 2. The lowest BCUT2D eigenvalue weighted by Gasteiger charge is -2.06. The van der Waals surface area contributed by atoms with E-state index >= 15 is 0 Å². The molecule has 5 heteroatoms. The molecule has 88 valence electrons. The van der Waals surface area contributed by atoms with Crippen molar-refractivity contribution in [2.24, 2.45) is 5.90 Å². The van der Waals surface area contributed by atoms with E-state index in [2.05, 4.69) is 4.84 Å². The van der Waals surface area contributed by atoms with Crippen LogP contribution in [0.1, 0.15) is 12.5 Å². The SMILES string of the molecule is CCOC(=O)COc1ccc(CON)cc1. The molecule has 1 rings (SSSR count). The second-order valence-corrected chi connectivity index (χ2v) is 3.05. The van der Waals surface area contributed by atoms with E-state index < -0.39 is 0 Å². The molecular formula is C11H15NO4. The Hall–Kier alpha value is -1.59. The topological polar surface area (TPSA) is 70.8 Å². The molecular weight excluding hydrogens is 210 g/mol. The number of rotatable bonds is 6. The fourth-order valence-corrected chi connectivity index (χ4v) is 1.12. The molecule has 0 aliphatic carbocycles. The van der Waals surface area contributed by atoms with Gasteiger partial charge in [-0.3, -0.25) is 4.84 Å². The zero-order valence-corrected chi connectivity index (χ0v) is 9.14. The first-order chi connectivity index (χ1) is 7.76. The molecule has 5 nitrogen and oxygen atoms in total. The molecule has 1 aromatic rings. The molecule has 0 aliphatic rings. The maximum absolute atomic E-state index is 11.0. The van der Waals surface area contributed by atoms with E-state index in [0.717, 1.165) is 5.56 Å². The number of carbonyl (C=O) groups excluding carboxylic acids is 1. The normalized spacial score (nSPS) is 9.88. The predicted molar refractivity (Wildman–Crippen MR) is 57.5 cm³/mol. The molecule has 0 aromatic heterocycles. The van der Waals surface area contributed by atoms with E-state index in [4.69, 9.17) is 15.4 Å². The average molecular weight is 225 g/mol. The van der Waals surface area contributed by atoms with Gasteiger partial charge in [0, 0.05) is 0 Å². The number of carbonyl (C=O) groups is 1. The van der Waals surface area contributed by atoms with Crippen molar-refractivity contribution in [2.45, 2.75) is 13.5 Å². The second-order valence-electron chi connectivity index (χ2n) is 3.05. The lowest BCUT2D eigenvalue weighted by Crippen LogP contribution is -2.14. The molecule has 0 bridgehead atoms. The molecule has 0 fully saturated rings. The Morgan fingerprint density at radius 2 is 2.00 bits per heavy atom. The van der Waals surface area contributed by atoms with Gasteiger partial charge in [-0.1, -0.05) is 12.1 Å². The molecule has 0 amide bonds. The summed E-state index contributed by atoms with van der Waals surface area (Å²) in [6, 6.07) is 7.11. The van der Waals surface area contributed by atoms with Gasteiger partial charge in [0.1, 0.15) is 5.75 Å². The molecule has 0 saturated heterocycles. The van der Waals surface area contributed by atoms with E-state index in [1.54, 1.807) is 19.1 Å². The van der Waals surface area contributed by atoms with Crippen LogP contribution in [0.3, 0.4) is 0 Å². The van der Waals surface area contributed by atoms with Gasteiger partial charge >= 0.3 is 5.97 Å². The lowest BCUT2D eigenvalue weighted by molar-refractivity contribution is -0.145. The smallest absolute Gasteiger partial charge is 0.344 e. The summed E-state index contributed by atoms with van der Waals surface area (Å²) < 4.78 is 9.93. The summed E-state index contributed by atoms with van der Waals surface area (Å²) in [4.78, 5) is 15.5. The van der Waals surface area contributed by atoms with E-state index in [-0.39, 0.29) is 12.6 Å². The van der Waals surface area contributed by atoms with Crippen molar-refractivity contribution in [3.8, 4) is 5.75 Å². The number of esters is 1. The minimum absolute atomic E-state index is 0.0828. The van der Waals surface area contributed by atoms with Crippen LogP contribution in [-0.2, 0) is 21.0 Å². The fourth-order valence-electron chi connectivity index (χ4n) is 1.12. The summed E-state index contributed by atoms with van der Waals surface area (Å²) in [5.74, 6) is 5.17. The Balaban J connectivity index is 2.40. The summed E-state index contributed by atoms with van der Waals surface area (Å²) in [5, 5.41) is 0. The third kappa shape index (κ3) is 4.29. The first-order valence-electron chi connectivity index (χ1n) is 4.95. The Kier molecular flexibility index (Phi) is 5.31. The van der Waals surface area contributed by atoms with Gasteiger partial charge in [-0.2, -0.15) is 0 Å². The zero-order chi connectivity index (χ0) is 11.8. The molecule has 2 N–H and O–H groups in total. The number of hydrogen-bond acceptors (Lipinski definition) is 5. The lowest BCUT2D eigenvalue weighted by atomic mass is 10.2. The van der Waals surface area contributed by atoms with Gasteiger partial charge in [0.25, 0.3) is 0 Å². The van der Waals surface area contributed by atoms with Gasteiger partial charge in [0.2, 0.25) is 0 Å². The highest BCUT2D eigenvalue weighted by atomic mass is 16.6. The summed E-state index contributed by atoms with van der Waals surface area (Å²) in [5.41, 5.74) is 0.936. The minimum Gasteiger partial charge on any atom is -0.482 e. The van der Waals surface area contributed by atoms with Crippen molar-refractivity contribution < 1.29 is 19.1 Å². The Morgan fingerprint density at radius 1 is 1.31 bits per heavy atom. The molecule has 1 aromatic carbocycles. The highest BCUT2D eigenvalue weighted by molar-refractivity contribution is 5.71. The van der Waals surface area contributed by atoms with Gasteiger partial charge in [-0.15, -0.1) is 0 Å². The third-order valence-electron chi connectivity index (χ3n) is 1.84. The standard InChI is InChI=1S/C11H15NO4/c1-2-14-11(13)8-15-10-5-3-9(4-6-10)7-16-12/h3-6H,2,7-8,12H2,1H3. The van der Waals surface area contributed by atoms with Crippen LogP contribution in [0.5, 0.6) is 5.75 Å². The molecule has 0 saturated carbocycles. The van der Waals surface area contributed by atoms with Crippen LogP contribution in [-0.4, -0.2) is 19.2 Å². The van der Waals surface area contributed by atoms with E-state index in [1.165, 1.54) is 0 Å². The van der Waals surface area contributed by atoms with Crippen molar-refractivity contribution in [1.82, 2.24) is 0 Å². The van der Waals surface area contributed by atoms with E-state index in [9.17, 15) is 4.79 Å². The predicted octanol–water partition coefficient (Wildman–Crippen LogP) is 1.02. The highest BCUT2D eigenvalue weighted by Crippen LogP contribution is 2.12. The first-order valence-corrected chi connectivity index (χ1v) is 4.95. The van der Waals surface area contributed by atoms with Gasteiger partial charge in [0.15, 0.2) is 6.61 Å². The molecule has 0 unspecified atom stereocenters. The quantitative estimate of drug-likeness (QED) is 0.578. The Labute approximate surface area is 94.1 Å². The van der Waals surface area contributed by atoms with Crippen molar-refractivity contribution in [3.63, 3.8) is 0 Å². The van der Waals surface area contributed by atoms with Crippen molar-refractivity contribution in [2.75, 3.05) is 13.2 Å². The average Bonchev–Trinajstić information content (AvgIpc) is 2.29. The Bertz CT molecular complexity index is 323. The molecule has 0 radical (unpaired) electrons. The summed E-state index contributed by atoms with van der Waals surface area (Å²) >= 11 is 0. The molecule has 0 spiro atoms. The minimum atomic E-state index is -0.378. The van der Waals surface area contributed by atoms with Crippen LogP contribution in [0.15, 0.2) is 24.3 Å². The monoisotopic (exact) mass is 225 g/mol. The van der Waals surface area contributed by atoms with Crippen LogP contribution in [0, 0.1) is 0 Å². The van der Waals surface area contributed by atoms with Gasteiger partial charge in [0.05, 0.1) is 13.2 Å². The molecule has 0 heterocycles. The maximum Gasteiger partial charge on any atom is 0.344 e. The fraction of sp³-hybridized carbons (Fsp3) is 0.364. The van der Waals surface area contributed by atoms with Gasteiger partial charge < -0.3 is 9.47 Å². The maximum atomic E-state index is 11.0. The first kappa shape index (κ1) is 12.5. The van der Waals surface area contributed by atoms with Crippen LogP contribution >= 0.6 is 0 Å². The third-order valence-corrected chi connectivity index (χ3v) is 1.84. The Morgan fingerprint density at radius 3 is 2.56 bits per heavy atom. The van der Waals surface area contributed by atoms with E-state index in [0.29, 0.717) is 19.0 Å². The molecule has 0 aliphatic heterocycles.